The second-order valence-electron chi connectivity index (χ2n) is 4.44. The van der Waals surface area contributed by atoms with Crippen molar-refractivity contribution >= 4 is 33.9 Å². The number of methoxy groups -OCH3 is 1. The summed E-state index contributed by atoms with van der Waals surface area (Å²) in [5.74, 6) is 0.577. The SMILES string of the molecule is CO[C@@H]1CN[C@@H](C(=O)Nc2nc(-c3cccs3)ns2)C1. The molecule has 0 aromatic carbocycles. The number of anilines is 1. The number of nitrogens with one attached hydrogen (secondary N) is 2. The van der Waals surface area contributed by atoms with Crippen LogP contribution in [0.15, 0.2) is 17.5 Å². The van der Waals surface area contributed by atoms with Crippen molar-refractivity contribution in [1.82, 2.24) is 14.7 Å². The highest BCUT2D eigenvalue weighted by Gasteiger charge is 2.29. The lowest BCUT2D eigenvalue weighted by Crippen LogP contribution is -2.35. The van der Waals surface area contributed by atoms with Crippen LogP contribution in [0.1, 0.15) is 6.42 Å². The van der Waals surface area contributed by atoms with Crippen LogP contribution in [0.3, 0.4) is 0 Å². The van der Waals surface area contributed by atoms with Crippen molar-refractivity contribution in [2.45, 2.75) is 18.6 Å². The summed E-state index contributed by atoms with van der Waals surface area (Å²) in [4.78, 5) is 17.4. The standard InChI is InChI=1S/C12H14N4O2S2/c1-18-7-5-8(13-6-7)11(17)15-12-14-10(16-20-12)9-3-2-4-19-9/h2-4,7-8,13H,5-6H2,1H3,(H,14,15,16,17)/t7-,8+/m0/s1. The van der Waals surface area contributed by atoms with E-state index in [1.807, 2.05) is 17.5 Å². The predicted octanol–water partition coefficient (Wildman–Crippen LogP) is 1.58. The number of nitrogens with zero attached hydrogens (tertiary/aromatic N) is 2. The number of ether oxygens (including phenoxy) is 1. The van der Waals surface area contributed by atoms with E-state index in [4.69, 9.17) is 4.74 Å². The van der Waals surface area contributed by atoms with Crippen LogP contribution in [0.4, 0.5) is 5.13 Å². The first kappa shape index (κ1) is 13.6. The van der Waals surface area contributed by atoms with Gasteiger partial charge in [0.1, 0.15) is 0 Å². The molecule has 0 aliphatic carbocycles. The van der Waals surface area contributed by atoms with Gasteiger partial charge in [-0.25, -0.2) is 0 Å². The maximum absolute atomic E-state index is 12.1. The first-order chi connectivity index (χ1) is 9.76. The third kappa shape index (κ3) is 2.88. The zero-order valence-corrected chi connectivity index (χ0v) is 12.5. The van der Waals surface area contributed by atoms with Crippen molar-refractivity contribution in [2.75, 3.05) is 19.0 Å². The van der Waals surface area contributed by atoms with E-state index in [0.29, 0.717) is 23.9 Å². The molecule has 0 bridgehead atoms. The Kier molecular flexibility index (Phi) is 4.06. The van der Waals surface area contributed by atoms with Gasteiger partial charge in [-0.3, -0.25) is 10.1 Å². The molecule has 0 unspecified atom stereocenters. The fourth-order valence-corrected chi connectivity index (χ4v) is 3.36. The summed E-state index contributed by atoms with van der Waals surface area (Å²) < 4.78 is 9.48. The number of carbonyl (C=O) groups excluding carboxylic acids is 1. The summed E-state index contributed by atoms with van der Waals surface area (Å²) in [5.41, 5.74) is 0. The summed E-state index contributed by atoms with van der Waals surface area (Å²) >= 11 is 2.77. The predicted molar refractivity (Wildman–Crippen MR) is 79.1 cm³/mol. The fourth-order valence-electron chi connectivity index (χ4n) is 2.06. The van der Waals surface area contributed by atoms with Gasteiger partial charge in [-0.1, -0.05) is 6.07 Å². The third-order valence-corrected chi connectivity index (χ3v) is 4.63. The molecule has 8 heteroatoms. The molecule has 106 valence electrons. The van der Waals surface area contributed by atoms with Crippen molar-refractivity contribution in [1.29, 1.82) is 0 Å². The number of hydrogen-bond acceptors (Lipinski definition) is 7. The quantitative estimate of drug-likeness (QED) is 0.897. The van der Waals surface area contributed by atoms with Crippen LogP contribution in [-0.4, -0.2) is 41.1 Å². The Bertz CT molecular complexity index is 584. The smallest absolute Gasteiger partial charge is 0.243 e. The van der Waals surface area contributed by atoms with Gasteiger partial charge in [0.05, 0.1) is 17.0 Å². The summed E-state index contributed by atoms with van der Waals surface area (Å²) in [7, 11) is 1.66. The Labute approximate surface area is 124 Å². The summed E-state index contributed by atoms with van der Waals surface area (Å²) in [6.07, 6.45) is 0.778. The highest BCUT2D eigenvalue weighted by molar-refractivity contribution is 7.14. The Hall–Kier alpha value is -1.35. The second kappa shape index (κ2) is 5.96. The van der Waals surface area contributed by atoms with E-state index in [0.717, 1.165) is 4.88 Å². The fraction of sp³-hybridized carbons (Fsp3) is 0.417. The highest BCUT2D eigenvalue weighted by atomic mass is 32.1. The molecule has 0 radical (unpaired) electrons. The Balaban J connectivity index is 1.62. The largest absolute Gasteiger partial charge is 0.380 e. The molecular weight excluding hydrogens is 296 g/mol. The topological polar surface area (TPSA) is 76.1 Å². The Morgan fingerprint density at radius 2 is 2.50 bits per heavy atom. The van der Waals surface area contributed by atoms with Gasteiger partial charge in [0.25, 0.3) is 0 Å². The van der Waals surface area contributed by atoms with Gasteiger partial charge >= 0.3 is 0 Å². The lowest BCUT2D eigenvalue weighted by molar-refractivity contribution is -0.118. The number of hydrogen-bond donors (Lipinski definition) is 2. The molecular formula is C12H14N4O2S2. The lowest BCUT2D eigenvalue weighted by atomic mass is 10.2. The van der Waals surface area contributed by atoms with Gasteiger partial charge in [-0.15, -0.1) is 11.3 Å². The molecule has 20 heavy (non-hydrogen) atoms. The van der Waals surface area contributed by atoms with Crippen LogP contribution in [0.25, 0.3) is 10.7 Å². The van der Waals surface area contributed by atoms with Crippen molar-refractivity contribution in [3.05, 3.63) is 17.5 Å². The number of carbonyl (C=O) groups is 1. The van der Waals surface area contributed by atoms with E-state index in [-0.39, 0.29) is 18.1 Å². The first-order valence-corrected chi connectivity index (χ1v) is 7.86. The first-order valence-electron chi connectivity index (χ1n) is 6.21. The van der Waals surface area contributed by atoms with Crippen molar-refractivity contribution in [3.8, 4) is 10.7 Å². The molecule has 1 aliphatic heterocycles. The van der Waals surface area contributed by atoms with E-state index < -0.39 is 0 Å². The molecule has 3 rings (SSSR count). The second-order valence-corrected chi connectivity index (χ2v) is 6.14. The number of amides is 1. The molecule has 0 spiro atoms. The summed E-state index contributed by atoms with van der Waals surface area (Å²) in [5, 5.41) is 8.44. The number of aromatic nitrogens is 2. The average molecular weight is 310 g/mol. The molecule has 1 fully saturated rings. The number of thiophene rings is 1. The monoisotopic (exact) mass is 310 g/mol. The van der Waals surface area contributed by atoms with Gasteiger partial charge in [0.2, 0.25) is 11.0 Å². The van der Waals surface area contributed by atoms with Crippen LogP contribution in [0.2, 0.25) is 0 Å². The molecule has 6 nitrogen and oxygen atoms in total. The molecule has 0 saturated carbocycles. The van der Waals surface area contributed by atoms with Crippen LogP contribution >= 0.6 is 22.9 Å². The molecule has 2 aromatic heterocycles. The third-order valence-electron chi connectivity index (χ3n) is 3.14. The van der Waals surface area contributed by atoms with Gasteiger partial charge in [-0.05, 0) is 17.9 Å². The van der Waals surface area contributed by atoms with E-state index in [2.05, 4.69) is 20.0 Å². The molecule has 1 saturated heterocycles. The van der Waals surface area contributed by atoms with Crippen LogP contribution in [0.5, 0.6) is 0 Å². The van der Waals surface area contributed by atoms with Crippen LogP contribution < -0.4 is 10.6 Å². The molecule has 2 atom stereocenters. The van der Waals surface area contributed by atoms with Gasteiger partial charge < -0.3 is 10.1 Å². The molecule has 1 amide bonds. The highest BCUT2D eigenvalue weighted by Crippen LogP contribution is 2.25. The van der Waals surface area contributed by atoms with Gasteiger partial charge in [0, 0.05) is 25.2 Å². The maximum Gasteiger partial charge on any atom is 0.243 e. The van der Waals surface area contributed by atoms with E-state index in [1.165, 1.54) is 11.5 Å². The normalized spacial score (nSPS) is 22.1. The maximum atomic E-state index is 12.1. The minimum absolute atomic E-state index is 0.0848. The zero-order chi connectivity index (χ0) is 13.9. The molecule has 1 aliphatic rings. The summed E-state index contributed by atoms with van der Waals surface area (Å²) in [6.45, 7) is 0.700. The molecule has 2 N–H and O–H groups in total. The van der Waals surface area contributed by atoms with Crippen LogP contribution in [0, 0.1) is 0 Å². The zero-order valence-electron chi connectivity index (χ0n) is 10.8. The lowest BCUT2D eigenvalue weighted by Gasteiger charge is -2.08. The van der Waals surface area contributed by atoms with E-state index >= 15 is 0 Å². The minimum Gasteiger partial charge on any atom is -0.380 e. The van der Waals surface area contributed by atoms with E-state index in [9.17, 15) is 4.79 Å². The van der Waals surface area contributed by atoms with Crippen molar-refractivity contribution < 1.29 is 9.53 Å². The Morgan fingerprint density at radius 3 is 3.20 bits per heavy atom. The summed E-state index contributed by atoms with van der Waals surface area (Å²) in [6, 6.07) is 3.68. The van der Waals surface area contributed by atoms with Crippen molar-refractivity contribution in [3.63, 3.8) is 0 Å². The minimum atomic E-state index is -0.228. The molecule has 3 heterocycles. The number of rotatable bonds is 4. The van der Waals surface area contributed by atoms with E-state index in [1.54, 1.807) is 18.4 Å². The van der Waals surface area contributed by atoms with Gasteiger partial charge in [-0.2, -0.15) is 9.36 Å². The average Bonchev–Trinajstić information content (AvgIpc) is 3.19. The van der Waals surface area contributed by atoms with Crippen molar-refractivity contribution in [2.24, 2.45) is 0 Å². The Morgan fingerprint density at radius 1 is 1.60 bits per heavy atom. The molecule has 2 aromatic rings. The van der Waals surface area contributed by atoms with Crippen LogP contribution in [-0.2, 0) is 9.53 Å². The van der Waals surface area contributed by atoms with Gasteiger partial charge in [0.15, 0.2) is 5.82 Å².